The van der Waals surface area contributed by atoms with Gasteiger partial charge in [0.2, 0.25) is 5.60 Å². The Kier molecular flexibility index (Phi) is 5.52. The highest BCUT2D eigenvalue weighted by Gasteiger charge is 2.56. The van der Waals surface area contributed by atoms with Crippen molar-refractivity contribution >= 4 is 10.9 Å². The maximum atomic E-state index is 13.8. The van der Waals surface area contributed by atoms with E-state index in [1.807, 2.05) is 0 Å². The van der Waals surface area contributed by atoms with Crippen LogP contribution >= 0.6 is 0 Å². The maximum Gasteiger partial charge on any atom is 0.424 e. The second-order valence-corrected chi connectivity index (χ2v) is 7.15. The Labute approximate surface area is 181 Å². The van der Waals surface area contributed by atoms with Gasteiger partial charge in [-0.2, -0.15) is 18.3 Å². The van der Waals surface area contributed by atoms with E-state index in [4.69, 9.17) is 4.74 Å². The van der Waals surface area contributed by atoms with Crippen LogP contribution in [-0.4, -0.2) is 27.7 Å². The molecule has 0 aliphatic heterocycles. The van der Waals surface area contributed by atoms with Crippen molar-refractivity contribution in [2.45, 2.75) is 11.8 Å². The lowest BCUT2D eigenvalue weighted by molar-refractivity contribution is -0.275. The van der Waals surface area contributed by atoms with E-state index in [0.29, 0.717) is 11.2 Å². The zero-order chi connectivity index (χ0) is 24.0. The molecule has 1 heterocycles. The Morgan fingerprint density at radius 1 is 0.848 bits per heavy atom. The first-order chi connectivity index (χ1) is 15.5. The molecule has 0 amide bonds. The summed E-state index contributed by atoms with van der Waals surface area (Å²) in [6.07, 6.45) is -4.03. The van der Waals surface area contributed by atoms with E-state index in [-0.39, 0.29) is 17.5 Å². The third-order valence-electron chi connectivity index (χ3n) is 5.00. The van der Waals surface area contributed by atoms with Crippen molar-refractivity contribution < 1.29 is 40.6 Å². The zero-order valence-corrected chi connectivity index (χ0v) is 16.4. The summed E-state index contributed by atoms with van der Waals surface area (Å²) in [5, 5.41) is 14.8. The van der Waals surface area contributed by atoms with Gasteiger partial charge in [0, 0.05) is 17.5 Å². The lowest BCUT2D eigenvalue weighted by Crippen LogP contribution is -2.47. The van der Waals surface area contributed by atoms with E-state index in [9.17, 15) is 35.8 Å². The molecule has 0 saturated heterocycles. The molecule has 172 valence electrons. The first-order valence-corrected chi connectivity index (χ1v) is 9.30. The van der Waals surface area contributed by atoms with Gasteiger partial charge in [0.05, 0.1) is 17.4 Å². The van der Waals surface area contributed by atoms with E-state index in [1.165, 1.54) is 41.2 Å². The predicted molar refractivity (Wildman–Crippen MR) is 103 cm³/mol. The van der Waals surface area contributed by atoms with Gasteiger partial charge in [0.25, 0.3) is 0 Å². The number of hydrogen-bond donors (Lipinski definition) is 1. The molecular formula is C22H13F7N2O2. The van der Waals surface area contributed by atoms with E-state index < -0.39 is 53.0 Å². The standard InChI is InChI=1S/C22H13F7N2O2/c23-14-2-4-15(5-3-14)31-19-6-1-13(7-12(19)10-30-31)21(32,22(27,28)29)11-33-20-9-17(25)16(24)8-18(20)26/h1-10,32H,11H2. The number of hydrogen-bond acceptors (Lipinski definition) is 3. The summed E-state index contributed by atoms with van der Waals surface area (Å²) in [5.41, 5.74) is -3.45. The maximum absolute atomic E-state index is 13.8. The fourth-order valence-corrected chi connectivity index (χ4v) is 3.20. The van der Waals surface area contributed by atoms with Gasteiger partial charge in [0.1, 0.15) is 12.4 Å². The third-order valence-corrected chi connectivity index (χ3v) is 5.00. The quantitative estimate of drug-likeness (QED) is 0.314. The number of aliphatic hydroxyl groups is 1. The lowest BCUT2D eigenvalue weighted by Gasteiger charge is -2.31. The largest absolute Gasteiger partial charge is 0.487 e. The molecule has 0 aliphatic carbocycles. The van der Waals surface area contributed by atoms with Crippen LogP contribution < -0.4 is 4.74 Å². The molecule has 4 rings (SSSR count). The van der Waals surface area contributed by atoms with E-state index in [0.717, 1.165) is 12.1 Å². The van der Waals surface area contributed by atoms with Crippen LogP contribution in [0.1, 0.15) is 5.56 Å². The monoisotopic (exact) mass is 470 g/mol. The highest BCUT2D eigenvalue weighted by Crippen LogP contribution is 2.41. The average molecular weight is 470 g/mol. The molecule has 4 aromatic rings. The van der Waals surface area contributed by atoms with Gasteiger partial charge < -0.3 is 9.84 Å². The van der Waals surface area contributed by atoms with Crippen molar-refractivity contribution in [1.29, 1.82) is 0 Å². The average Bonchev–Trinajstić information content (AvgIpc) is 3.18. The summed E-state index contributed by atoms with van der Waals surface area (Å²) in [6.45, 7) is -1.53. The number of aromatic nitrogens is 2. The highest BCUT2D eigenvalue weighted by molar-refractivity contribution is 5.81. The van der Waals surface area contributed by atoms with E-state index in [1.54, 1.807) is 0 Å². The van der Waals surface area contributed by atoms with Crippen molar-refractivity contribution in [3.05, 3.63) is 89.6 Å². The Balaban J connectivity index is 1.70. The fraction of sp³-hybridized carbons (Fsp3) is 0.136. The lowest BCUT2D eigenvalue weighted by atomic mass is 9.93. The van der Waals surface area contributed by atoms with Crippen molar-refractivity contribution in [2.75, 3.05) is 6.61 Å². The van der Waals surface area contributed by atoms with E-state index in [2.05, 4.69) is 5.10 Å². The van der Waals surface area contributed by atoms with Gasteiger partial charge in [-0.05, 0) is 42.0 Å². The topological polar surface area (TPSA) is 47.3 Å². The number of rotatable bonds is 5. The number of fused-ring (bicyclic) bond motifs is 1. The van der Waals surface area contributed by atoms with Crippen molar-refractivity contribution in [3.63, 3.8) is 0 Å². The summed E-state index contributed by atoms with van der Waals surface area (Å²) >= 11 is 0. The van der Waals surface area contributed by atoms with Gasteiger partial charge in [0.15, 0.2) is 23.2 Å². The fourth-order valence-electron chi connectivity index (χ4n) is 3.20. The van der Waals surface area contributed by atoms with Crippen molar-refractivity contribution in [3.8, 4) is 11.4 Å². The molecule has 11 heteroatoms. The summed E-state index contributed by atoms with van der Waals surface area (Å²) in [7, 11) is 0. The molecule has 0 fully saturated rings. The number of nitrogens with zero attached hydrogens (tertiary/aromatic N) is 2. The second-order valence-electron chi connectivity index (χ2n) is 7.15. The SMILES string of the molecule is OC(COc1cc(F)c(F)cc1F)(c1ccc2c(cnn2-c2ccc(F)cc2)c1)C(F)(F)F. The van der Waals surface area contributed by atoms with Gasteiger partial charge in [-0.25, -0.2) is 22.2 Å². The normalized spacial score (nSPS) is 13.8. The Morgan fingerprint density at radius 2 is 1.52 bits per heavy atom. The molecule has 3 aromatic carbocycles. The molecule has 1 unspecified atom stereocenters. The van der Waals surface area contributed by atoms with Gasteiger partial charge in [-0.1, -0.05) is 6.07 Å². The number of ether oxygens (including phenoxy) is 1. The molecular weight excluding hydrogens is 457 g/mol. The summed E-state index contributed by atoms with van der Waals surface area (Å²) in [4.78, 5) is 0. The van der Waals surface area contributed by atoms with Crippen LogP contribution in [0.2, 0.25) is 0 Å². The molecule has 0 radical (unpaired) electrons. The van der Waals surface area contributed by atoms with Crippen molar-refractivity contribution in [1.82, 2.24) is 9.78 Å². The molecule has 4 nitrogen and oxygen atoms in total. The number of halogens is 7. The molecule has 33 heavy (non-hydrogen) atoms. The minimum absolute atomic E-state index is 0.118. The van der Waals surface area contributed by atoms with Crippen LogP contribution in [0.4, 0.5) is 30.7 Å². The summed E-state index contributed by atoms with van der Waals surface area (Å²) < 4.78 is 101. The first kappa shape index (κ1) is 22.6. The molecule has 0 aliphatic rings. The highest BCUT2D eigenvalue weighted by atomic mass is 19.4. The molecule has 1 N–H and O–H groups in total. The van der Waals surface area contributed by atoms with Crippen LogP contribution in [0, 0.1) is 23.3 Å². The number of alkyl halides is 3. The van der Waals surface area contributed by atoms with Crippen LogP contribution in [0.25, 0.3) is 16.6 Å². The third kappa shape index (κ3) is 4.11. The van der Waals surface area contributed by atoms with Gasteiger partial charge in [-0.3, -0.25) is 0 Å². The predicted octanol–water partition coefficient (Wildman–Crippen LogP) is 5.41. The second kappa shape index (κ2) is 8.07. The number of benzene rings is 3. The smallest absolute Gasteiger partial charge is 0.424 e. The van der Waals surface area contributed by atoms with Crippen molar-refractivity contribution in [2.24, 2.45) is 0 Å². The van der Waals surface area contributed by atoms with E-state index >= 15 is 0 Å². The van der Waals surface area contributed by atoms with Gasteiger partial charge in [-0.15, -0.1) is 0 Å². The zero-order valence-electron chi connectivity index (χ0n) is 16.4. The van der Waals surface area contributed by atoms with Crippen LogP contribution in [0.5, 0.6) is 5.75 Å². The summed E-state index contributed by atoms with van der Waals surface area (Å²) in [6, 6.07) is 8.84. The van der Waals surface area contributed by atoms with Crippen LogP contribution in [0.15, 0.2) is 60.8 Å². The Bertz CT molecular complexity index is 1320. The molecule has 0 saturated carbocycles. The molecule has 1 atom stereocenters. The van der Waals surface area contributed by atoms with Crippen LogP contribution in [-0.2, 0) is 5.60 Å². The molecule has 0 bridgehead atoms. The minimum Gasteiger partial charge on any atom is -0.487 e. The molecule has 0 spiro atoms. The minimum atomic E-state index is -5.28. The Morgan fingerprint density at radius 3 is 2.18 bits per heavy atom. The van der Waals surface area contributed by atoms with Gasteiger partial charge >= 0.3 is 6.18 Å². The first-order valence-electron chi connectivity index (χ1n) is 9.30. The summed E-state index contributed by atoms with van der Waals surface area (Å²) in [5.74, 6) is -5.99. The molecule has 1 aromatic heterocycles. The van der Waals surface area contributed by atoms with Crippen LogP contribution in [0.3, 0.4) is 0 Å². The Hall–Kier alpha value is -3.60.